The summed E-state index contributed by atoms with van der Waals surface area (Å²) in [5, 5.41) is 1.39. The Morgan fingerprint density at radius 3 is 1.66 bits per heavy atom. The second-order valence-corrected chi connectivity index (χ2v) is 7.88. The minimum Gasteiger partial charge on any atom is -0.497 e. The van der Waals surface area contributed by atoms with Gasteiger partial charge in [0.15, 0.2) is 17.4 Å². The van der Waals surface area contributed by atoms with Gasteiger partial charge in [-0.3, -0.25) is 0 Å². The molecule has 0 atom stereocenters. The van der Waals surface area contributed by atoms with Crippen molar-refractivity contribution in [2.45, 2.75) is 0 Å². The summed E-state index contributed by atoms with van der Waals surface area (Å²) < 4.78 is 84.1. The Labute approximate surface area is 197 Å². The van der Waals surface area contributed by atoms with Crippen LogP contribution in [0.5, 0.6) is 11.5 Å². The van der Waals surface area contributed by atoms with Crippen LogP contribution in [0.25, 0.3) is 43.8 Å². The van der Waals surface area contributed by atoms with Gasteiger partial charge in [-0.05, 0) is 56.9 Å². The number of halogens is 5. The third kappa shape index (κ3) is 3.46. The van der Waals surface area contributed by atoms with Gasteiger partial charge >= 0.3 is 0 Å². The van der Waals surface area contributed by atoms with Crippen LogP contribution in [0.1, 0.15) is 0 Å². The van der Waals surface area contributed by atoms with E-state index in [2.05, 4.69) is 4.74 Å². The van der Waals surface area contributed by atoms with Gasteiger partial charge in [-0.15, -0.1) is 0 Å². The molecule has 0 radical (unpaired) electrons. The molecule has 0 spiro atoms. The average molecular weight is 480 g/mol. The van der Waals surface area contributed by atoms with Crippen molar-refractivity contribution in [3.63, 3.8) is 0 Å². The van der Waals surface area contributed by atoms with E-state index in [1.54, 1.807) is 48.5 Å². The lowest BCUT2D eigenvalue weighted by Gasteiger charge is -2.19. The van der Waals surface area contributed by atoms with Crippen molar-refractivity contribution in [2.75, 3.05) is 14.2 Å². The molecule has 5 aromatic carbocycles. The number of methoxy groups -OCH3 is 2. The fourth-order valence-electron chi connectivity index (χ4n) is 4.50. The van der Waals surface area contributed by atoms with Crippen molar-refractivity contribution in [2.24, 2.45) is 0 Å². The summed E-state index contributed by atoms with van der Waals surface area (Å²) in [6.45, 7) is 0. The molecule has 35 heavy (non-hydrogen) atoms. The summed E-state index contributed by atoms with van der Waals surface area (Å²) in [5.41, 5.74) is 0.298. The maximum absolute atomic E-state index is 15.3. The molecule has 5 rings (SSSR count). The van der Waals surface area contributed by atoms with Gasteiger partial charge in [0.25, 0.3) is 0 Å². The molecule has 5 aromatic rings. The minimum atomic E-state index is -1.65. The molecule has 0 aromatic heterocycles. The van der Waals surface area contributed by atoms with E-state index in [9.17, 15) is 13.2 Å². The number of fused-ring (bicyclic) bond motifs is 2. The molecule has 176 valence electrons. The number of hydrogen-bond acceptors (Lipinski definition) is 2. The second-order valence-electron chi connectivity index (χ2n) is 7.88. The van der Waals surface area contributed by atoms with Crippen molar-refractivity contribution in [3.05, 3.63) is 95.8 Å². The number of ether oxygens (including phenoxy) is 2. The van der Waals surface area contributed by atoms with Gasteiger partial charge in [-0.25, -0.2) is 13.2 Å². The fourth-order valence-corrected chi connectivity index (χ4v) is 4.50. The Kier molecular flexibility index (Phi) is 5.55. The van der Waals surface area contributed by atoms with Gasteiger partial charge in [0.1, 0.15) is 11.6 Å². The van der Waals surface area contributed by atoms with E-state index in [1.165, 1.54) is 19.2 Å². The highest BCUT2D eigenvalue weighted by Crippen LogP contribution is 2.46. The molecule has 0 fully saturated rings. The van der Waals surface area contributed by atoms with Crippen molar-refractivity contribution in [1.29, 1.82) is 0 Å². The van der Waals surface area contributed by atoms with Crippen LogP contribution in [0.2, 0.25) is 0 Å². The third-order valence-electron chi connectivity index (χ3n) is 6.04. The zero-order valence-corrected chi connectivity index (χ0v) is 18.6. The van der Waals surface area contributed by atoms with Gasteiger partial charge in [0.2, 0.25) is 11.6 Å². The summed E-state index contributed by atoms with van der Waals surface area (Å²) in [5.74, 6) is -7.64. The van der Waals surface area contributed by atoms with Crippen LogP contribution in [0.15, 0.2) is 66.7 Å². The van der Waals surface area contributed by atoms with Crippen molar-refractivity contribution >= 4 is 21.5 Å². The van der Waals surface area contributed by atoms with Crippen molar-refractivity contribution < 1.29 is 31.4 Å². The van der Waals surface area contributed by atoms with E-state index in [0.717, 1.165) is 13.2 Å². The molecule has 0 heterocycles. The molecule has 7 heteroatoms. The first-order chi connectivity index (χ1) is 16.9. The van der Waals surface area contributed by atoms with Crippen LogP contribution in [0.4, 0.5) is 22.0 Å². The second kappa shape index (κ2) is 8.58. The Morgan fingerprint density at radius 1 is 0.514 bits per heavy atom. The predicted octanol–water partition coefficient (Wildman–Crippen LogP) is 8.04. The van der Waals surface area contributed by atoms with Gasteiger partial charge in [-0.2, -0.15) is 8.78 Å². The van der Waals surface area contributed by atoms with E-state index in [-0.39, 0.29) is 10.9 Å². The smallest absolute Gasteiger partial charge is 0.204 e. The number of benzene rings is 5. The molecule has 0 aliphatic heterocycles. The lowest BCUT2D eigenvalue weighted by atomic mass is 9.85. The van der Waals surface area contributed by atoms with Crippen molar-refractivity contribution in [3.8, 4) is 33.8 Å². The van der Waals surface area contributed by atoms with E-state index in [4.69, 9.17) is 4.74 Å². The highest BCUT2D eigenvalue weighted by molar-refractivity contribution is 6.21. The van der Waals surface area contributed by atoms with Gasteiger partial charge in [0.05, 0.1) is 19.8 Å². The standard InChI is InChI=1S/C28H17F5O2/c1-34-16-10-7-14(8-11-16)21-17-5-3-4-6-18(17)22(19-12-9-15(29)13-20(19)21)23-24(30)26(32)28(35-2)27(33)25(23)31/h3-13H,1-2H3. The zero-order valence-electron chi connectivity index (χ0n) is 18.6. The lowest BCUT2D eigenvalue weighted by molar-refractivity contribution is 0.334. The van der Waals surface area contributed by atoms with E-state index < -0.39 is 40.4 Å². The molecule has 0 saturated heterocycles. The average Bonchev–Trinajstić information content (AvgIpc) is 2.87. The first kappa shape index (κ1) is 22.7. The van der Waals surface area contributed by atoms with E-state index in [1.807, 2.05) is 0 Å². The zero-order chi connectivity index (χ0) is 24.9. The maximum atomic E-state index is 15.3. The van der Waals surface area contributed by atoms with Crippen LogP contribution >= 0.6 is 0 Å². The minimum absolute atomic E-state index is 0.0942. The monoisotopic (exact) mass is 480 g/mol. The molecule has 0 bridgehead atoms. The molecule has 0 aliphatic rings. The maximum Gasteiger partial charge on any atom is 0.204 e. The van der Waals surface area contributed by atoms with E-state index >= 15 is 8.78 Å². The van der Waals surface area contributed by atoms with E-state index in [0.29, 0.717) is 33.0 Å². The Hall–Kier alpha value is -4.13. The van der Waals surface area contributed by atoms with Crippen LogP contribution in [0, 0.1) is 29.1 Å². The Bertz CT molecular complexity index is 1580. The molecule has 0 saturated carbocycles. The summed E-state index contributed by atoms with van der Waals surface area (Å²) >= 11 is 0. The van der Waals surface area contributed by atoms with Crippen molar-refractivity contribution in [1.82, 2.24) is 0 Å². The number of rotatable bonds is 4. The normalized spacial score (nSPS) is 11.3. The summed E-state index contributed by atoms with van der Waals surface area (Å²) in [7, 11) is 2.44. The third-order valence-corrected chi connectivity index (χ3v) is 6.04. The van der Waals surface area contributed by atoms with Crippen LogP contribution < -0.4 is 9.47 Å². The van der Waals surface area contributed by atoms with Crippen LogP contribution in [0.3, 0.4) is 0 Å². The molecule has 0 N–H and O–H groups in total. The largest absolute Gasteiger partial charge is 0.497 e. The van der Waals surface area contributed by atoms with Crippen LogP contribution in [-0.4, -0.2) is 14.2 Å². The molecular formula is C28H17F5O2. The highest BCUT2D eigenvalue weighted by atomic mass is 19.2. The molecule has 0 amide bonds. The molecule has 0 unspecified atom stereocenters. The first-order valence-corrected chi connectivity index (χ1v) is 10.6. The fraction of sp³-hybridized carbons (Fsp3) is 0.0714. The Balaban J connectivity index is 1.99. The SMILES string of the molecule is COc1ccc(-c2c3ccccc3c(-c3c(F)c(F)c(OC)c(F)c3F)c3ccc(F)cc23)cc1. The Morgan fingerprint density at radius 2 is 1.09 bits per heavy atom. The topological polar surface area (TPSA) is 18.5 Å². The summed E-state index contributed by atoms with van der Waals surface area (Å²) in [4.78, 5) is 0. The van der Waals surface area contributed by atoms with Gasteiger partial charge in [-0.1, -0.05) is 42.5 Å². The number of hydrogen-bond donors (Lipinski definition) is 0. The predicted molar refractivity (Wildman–Crippen MR) is 125 cm³/mol. The van der Waals surface area contributed by atoms with Gasteiger partial charge < -0.3 is 9.47 Å². The molecule has 2 nitrogen and oxygen atoms in total. The quantitative estimate of drug-likeness (QED) is 0.147. The van der Waals surface area contributed by atoms with Crippen LogP contribution in [-0.2, 0) is 0 Å². The summed E-state index contributed by atoms with van der Waals surface area (Å²) in [6, 6.07) is 17.4. The molecule has 0 aliphatic carbocycles. The summed E-state index contributed by atoms with van der Waals surface area (Å²) in [6.07, 6.45) is 0. The molecular weight excluding hydrogens is 463 g/mol. The first-order valence-electron chi connectivity index (χ1n) is 10.6. The lowest BCUT2D eigenvalue weighted by Crippen LogP contribution is -2.05. The van der Waals surface area contributed by atoms with Gasteiger partial charge in [0, 0.05) is 5.56 Å². The highest BCUT2D eigenvalue weighted by Gasteiger charge is 2.30.